The first-order valence-corrected chi connectivity index (χ1v) is 11.0. The summed E-state index contributed by atoms with van der Waals surface area (Å²) in [6.07, 6.45) is 6.48. The fourth-order valence-electron chi connectivity index (χ4n) is 3.71. The Hall–Kier alpha value is -3.71. The summed E-state index contributed by atoms with van der Waals surface area (Å²) < 4.78 is 3.61. The van der Waals surface area contributed by atoms with E-state index in [2.05, 4.69) is 20.5 Å². The van der Waals surface area contributed by atoms with Crippen molar-refractivity contribution in [3.63, 3.8) is 0 Å². The van der Waals surface area contributed by atoms with E-state index in [0.717, 1.165) is 28.1 Å². The highest BCUT2D eigenvalue weighted by Gasteiger charge is 2.15. The number of aromatic nitrogens is 5. The van der Waals surface area contributed by atoms with E-state index < -0.39 is 0 Å². The number of aryl methyl sites for hydroxylation is 1. The Morgan fingerprint density at radius 1 is 1.12 bits per heavy atom. The van der Waals surface area contributed by atoms with Crippen LogP contribution in [0.4, 0.5) is 0 Å². The van der Waals surface area contributed by atoms with E-state index in [-0.39, 0.29) is 11.9 Å². The molecule has 2 aromatic carbocycles. The van der Waals surface area contributed by atoms with Gasteiger partial charge >= 0.3 is 0 Å². The molecular weight excluding hydrogens is 436 g/mol. The maximum atomic E-state index is 12.8. The molecule has 8 heteroatoms. The van der Waals surface area contributed by atoms with Crippen LogP contribution < -0.4 is 5.32 Å². The Bertz CT molecular complexity index is 1250. The maximum absolute atomic E-state index is 12.8. The van der Waals surface area contributed by atoms with Crippen LogP contribution in [0.5, 0.6) is 0 Å². The van der Waals surface area contributed by atoms with Crippen molar-refractivity contribution in [2.24, 2.45) is 0 Å². The molecule has 2 aromatic heterocycles. The Labute approximate surface area is 197 Å². The van der Waals surface area contributed by atoms with Gasteiger partial charge in [-0.05, 0) is 37.1 Å². The van der Waals surface area contributed by atoms with E-state index in [1.807, 2.05) is 79.2 Å². The zero-order chi connectivity index (χ0) is 23.2. The lowest BCUT2D eigenvalue weighted by atomic mass is 10.1. The molecule has 4 aromatic rings. The van der Waals surface area contributed by atoms with Gasteiger partial charge in [0.1, 0.15) is 12.7 Å². The number of benzene rings is 2. The van der Waals surface area contributed by atoms with Gasteiger partial charge in [-0.3, -0.25) is 14.2 Å². The average Bonchev–Trinajstić information content (AvgIpc) is 3.42. The van der Waals surface area contributed by atoms with Gasteiger partial charge in [-0.15, -0.1) is 0 Å². The minimum Gasteiger partial charge on any atom is -0.344 e. The summed E-state index contributed by atoms with van der Waals surface area (Å²) in [5.74, 6) is -0.193. The summed E-state index contributed by atoms with van der Waals surface area (Å²) in [6, 6.07) is 17.3. The molecule has 1 unspecified atom stereocenters. The third-order valence-electron chi connectivity index (χ3n) is 5.47. The maximum Gasteiger partial charge on any atom is 0.244 e. The molecule has 0 aliphatic heterocycles. The molecule has 1 atom stereocenters. The van der Waals surface area contributed by atoms with Crippen LogP contribution in [0, 0.1) is 13.8 Å². The minimum absolute atomic E-state index is 0.193. The van der Waals surface area contributed by atoms with E-state index in [1.54, 1.807) is 17.1 Å². The molecule has 0 radical (unpaired) electrons. The Kier molecular flexibility index (Phi) is 7.00. The van der Waals surface area contributed by atoms with Crippen molar-refractivity contribution >= 4 is 23.6 Å². The molecule has 0 saturated heterocycles. The number of rotatable bonds is 8. The fourth-order valence-corrected chi connectivity index (χ4v) is 3.90. The number of amides is 1. The average molecular weight is 461 g/mol. The smallest absolute Gasteiger partial charge is 0.244 e. The Morgan fingerprint density at radius 2 is 1.88 bits per heavy atom. The van der Waals surface area contributed by atoms with Gasteiger partial charge in [0.05, 0.1) is 24.8 Å². The number of carbonyl (C=O) groups excluding carboxylic acids is 1. The van der Waals surface area contributed by atoms with E-state index in [1.165, 1.54) is 6.33 Å². The number of halogens is 1. The highest BCUT2D eigenvalue weighted by atomic mass is 35.5. The Balaban J connectivity index is 1.49. The molecule has 0 fully saturated rings. The normalized spacial score (nSPS) is 12.2. The molecule has 1 N–H and O–H groups in total. The molecule has 0 spiro atoms. The monoisotopic (exact) mass is 460 g/mol. The molecule has 0 aliphatic rings. The van der Waals surface area contributed by atoms with Crippen LogP contribution in [0.2, 0.25) is 5.02 Å². The summed E-state index contributed by atoms with van der Waals surface area (Å²) in [7, 11) is 0. The second-order valence-corrected chi connectivity index (χ2v) is 8.16. The van der Waals surface area contributed by atoms with Gasteiger partial charge < -0.3 is 5.32 Å². The zero-order valence-electron chi connectivity index (χ0n) is 18.5. The molecule has 1 amide bonds. The third kappa shape index (κ3) is 5.56. The standard InChI is InChI=1S/C25H25ClN6O/c1-18-22(19(2)32(30-18)14-21-10-6-7-11-23(21)26)12-13-25(33)29-24(15-31-17-27-16-28-31)20-8-4-3-5-9-20/h3-13,16-17,24H,14-15H2,1-2H3,(H,29,33)/b13-12+. The number of nitrogens with one attached hydrogen (secondary N) is 1. The van der Waals surface area contributed by atoms with E-state index in [4.69, 9.17) is 11.6 Å². The van der Waals surface area contributed by atoms with Crippen molar-refractivity contribution < 1.29 is 4.79 Å². The van der Waals surface area contributed by atoms with E-state index >= 15 is 0 Å². The fraction of sp³-hybridized carbons (Fsp3) is 0.200. The second kappa shape index (κ2) is 10.3. The predicted molar refractivity (Wildman–Crippen MR) is 129 cm³/mol. The highest BCUT2D eigenvalue weighted by molar-refractivity contribution is 6.31. The van der Waals surface area contributed by atoms with Crippen molar-refractivity contribution in [2.45, 2.75) is 33.0 Å². The van der Waals surface area contributed by atoms with E-state index in [9.17, 15) is 4.79 Å². The van der Waals surface area contributed by atoms with Gasteiger partial charge in [0.15, 0.2) is 0 Å². The summed E-state index contributed by atoms with van der Waals surface area (Å²) in [4.78, 5) is 16.8. The molecule has 0 bridgehead atoms. The summed E-state index contributed by atoms with van der Waals surface area (Å²) >= 11 is 6.31. The summed E-state index contributed by atoms with van der Waals surface area (Å²) in [6.45, 7) is 4.98. The van der Waals surface area contributed by atoms with E-state index in [0.29, 0.717) is 18.1 Å². The lowest BCUT2D eigenvalue weighted by Gasteiger charge is -2.18. The number of hydrogen-bond acceptors (Lipinski definition) is 4. The topological polar surface area (TPSA) is 77.6 Å². The molecule has 0 saturated carbocycles. The largest absolute Gasteiger partial charge is 0.344 e. The minimum atomic E-state index is -0.241. The van der Waals surface area contributed by atoms with Gasteiger partial charge in [0.2, 0.25) is 5.91 Å². The van der Waals surface area contributed by atoms with Gasteiger partial charge in [-0.2, -0.15) is 10.2 Å². The van der Waals surface area contributed by atoms with Crippen LogP contribution in [0.15, 0.2) is 73.3 Å². The van der Waals surface area contributed by atoms with Gasteiger partial charge in [0, 0.05) is 22.4 Å². The number of nitrogens with zero attached hydrogens (tertiary/aromatic N) is 5. The van der Waals surface area contributed by atoms with Crippen molar-refractivity contribution in [3.8, 4) is 0 Å². The van der Waals surface area contributed by atoms with Crippen molar-refractivity contribution in [1.82, 2.24) is 29.9 Å². The van der Waals surface area contributed by atoms with Crippen LogP contribution >= 0.6 is 11.6 Å². The number of hydrogen-bond donors (Lipinski definition) is 1. The predicted octanol–water partition coefficient (Wildman–Crippen LogP) is 4.36. The Morgan fingerprint density at radius 3 is 2.61 bits per heavy atom. The molecule has 33 heavy (non-hydrogen) atoms. The molecule has 0 aliphatic carbocycles. The van der Waals surface area contributed by atoms with Gasteiger partial charge in [-0.1, -0.05) is 60.1 Å². The van der Waals surface area contributed by atoms with Crippen LogP contribution in [0.3, 0.4) is 0 Å². The number of carbonyl (C=O) groups is 1. The third-order valence-corrected chi connectivity index (χ3v) is 5.84. The van der Waals surface area contributed by atoms with Crippen molar-refractivity contribution in [3.05, 3.63) is 106 Å². The molecular formula is C25H25ClN6O. The quantitative estimate of drug-likeness (QED) is 0.396. The van der Waals surface area contributed by atoms with Crippen LogP contribution in [-0.4, -0.2) is 30.5 Å². The van der Waals surface area contributed by atoms with Gasteiger partial charge in [-0.25, -0.2) is 4.98 Å². The van der Waals surface area contributed by atoms with Crippen LogP contribution in [0.1, 0.15) is 34.1 Å². The lowest BCUT2D eigenvalue weighted by molar-refractivity contribution is -0.117. The molecule has 7 nitrogen and oxygen atoms in total. The molecule has 4 rings (SSSR count). The van der Waals surface area contributed by atoms with Crippen molar-refractivity contribution in [1.29, 1.82) is 0 Å². The molecule has 168 valence electrons. The SMILES string of the molecule is Cc1nn(Cc2ccccc2Cl)c(C)c1/C=C/C(=O)NC(Cn1cncn1)c1ccccc1. The highest BCUT2D eigenvalue weighted by Crippen LogP contribution is 2.20. The lowest BCUT2D eigenvalue weighted by Crippen LogP contribution is -2.30. The first-order valence-electron chi connectivity index (χ1n) is 10.6. The van der Waals surface area contributed by atoms with Crippen molar-refractivity contribution in [2.75, 3.05) is 0 Å². The molecule has 2 heterocycles. The van der Waals surface area contributed by atoms with Crippen LogP contribution in [0.25, 0.3) is 6.08 Å². The van der Waals surface area contributed by atoms with Gasteiger partial charge in [0.25, 0.3) is 0 Å². The summed E-state index contributed by atoms with van der Waals surface area (Å²) in [5.41, 5.74) is 4.74. The van der Waals surface area contributed by atoms with Crippen LogP contribution in [-0.2, 0) is 17.9 Å². The first-order chi connectivity index (χ1) is 16.0. The first kappa shape index (κ1) is 22.5. The zero-order valence-corrected chi connectivity index (χ0v) is 19.3. The second-order valence-electron chi connectivity index (χ2n) is 7.76. The summed E-state index contributed by atoms with van der Waals surface area (Å²) in [5, 5.41) is 12.6.